The maximum absolute atomic E-state index is 13.0. The Morgan fingerprint density at radius 3 is 0.764 bits per heavy atom. The maximum atomic E-state index is 13.0. The van der Waals surface area contributed by atoms with Gasteiger partial charge in [0.25, 0.3) is 0 Å². The lowest BCUT2D eigenvalue weighted by molar-refractivity contribution is -0.161. The zero-order chi connectivity index (χ0) is 65.6. The lowest BCUT2D eigenvalue weighted by atomic mass is 10.0. The summed E-state index contributed by atoms with van der Waals surface area (Å²) in [4.78, 5) is 72.5. The molecule has 89 heavy (non-hydrogen) atoms. The van der Waals surface area contributed by atoms with E-state index in [1.54, 1.807) is 0 Å². The molecular formula is C70H136O17P2. The van der Waals surface area contributed by atoms with E-state index in [-0.39, 0.29) is 25.7 Å². The van der Waals surface area contributed by atoms with Crippen molar-refractivity contribution in [2.75, 3.05) is 39.6 Å². The van der Waals surface area contributed by atoms with E-state index < -0.39 is 97.5 Å². The Kier molecular flexibility index (Phi) is 62.1. The van der Waals surface area contributed by atoms with Gasteiger partial charge in [-0.3, -0.25) is 37.3 Å². The first kappa shape index (κ1) is 87.1. The van der Waals surface area contributed by atoms with Crippen molar-refractivity contribution in [2.24, 2.45) is 5.92 Å². The summed E-state index contributed by atoms with van der Waals surface area (Å²) >= 11 is 0. The molecule has 0 aromatic rings. The lowest BCUT2D eigenvalue weighted by Gasteiger charge is -2.21. The van der Waals surface area contributed by atoms with E-state index in [4.69, 9.17) is 37.0 Å². The van der Waals surface area contributed by atoms with Crippen LogP contribution in [0.5, 0.6) is 0 Å². The summed E-state index contributed by atoms with van der Waals surface area (Å²) in [6.07, 6.45) is 49.7. The van der Waals surface area contributed by atoms with Crippen molar-refractivity contribution in [3.63, 3.8) is 0 Å². The molecule has 0 heterocycles. The number of hydrogen-bond donors (Lipinski definition) is 3. The van der Waals surface area contributed by atoms with Gasteiger partial charge in [0.1, 0.15) is 19.3 Å². The number of aliphatic hydroxyl groups excluding tert-OH is 1. The van der Waals surface area contributed by atoms with Crippen LogP contribution >= 0.6 is 15.6 Å². The first-order valence-electron chi connectivity index (χ1n) is 36.6. The van der Waals surface area contributed by atoms with Crippen LogP contribution in [0.25, 0.3) is 0 Å². The quantitative estimate of drug-likeness (QED) is 0.0222. The Labute approximate surface area is 543 Å². The third kappa shape index (κ3) is 64.6. The van der Waals surface area contributed by atoms with Crippen molar-refractivity contribution in [3.05, 3.63) is 0 Å². The molecule has 19 heteroatoms. The molecule has 0 rings (SSSR count). The summed E-state index contributed by atoms with van der Waals surface area (Å²) in [5.41, 5.74) is 0. The number of hydrogen-bond acceptors (Lipinski definition) is 15. The van der Waals surface area contributed by atoms with Crippen LogP contribution in [-0.2, 0) is 65.4 Å². The van der Waals surface area contributed by atoms with Crippen molar-refractivity contribution in [1.29, 1.82) is 0 Å². The van der Waals surface area contributed by atoms with Crippen molar-refractivity contribution in [3.8, 4) is 0 Å². The van der Waals surface area contributed by atoms with Crippen LogP contribution in [-0.4, -0.2) is 96.7 Å². The van der Waals surface area contributed by atoms with Gasteiger partial charge in [-0.05, 0) is 31.6 Å². The second-order valence-corrected chi connectivity index (χ2v) is 28.7. The topological polar surface area (TPSA) is 237 Å². The zero-order valence-corrected chi connectivity index (χ0v) is 59.4. The Bertz CT molecular complexity index is 1720. The number of ether oxygens (including phenoxy) is 4. The third-order valence-electron chi connectivity index (χ3n) is 16.3. The summed E-state index contributed by atoms with van der Waals surface area (Å²) < 4.78 is 68.3. The fourth-order valence-corrected chi connectivity index (χ4v) is 12.2. The predicted molar refractivity (Wildman–Crippen MR) is 358 cm³/mol. The molecule has 0 spiro atoms. The summed E-state index contributed by atoms with van der Waals surface area (Å²) in [6, 6.07) is 0. The van der Waals surface area contributed by atoms with Gasteiger partial charge in [-0.1, -0.05) is 311 Å². The minimum absolute atomic E-state index is 0.107. The molecule has 0 radical (unpaired) electrons. The highest BCUT2D eigenvalue weighted by atomic mass is 31.2. The molecule has 0 aliphatic heterocycles. The molecule has 0 fully saturated rings. The normalized spacial score (nSPS) is 14.1. The molecule has 528 valence electrons. The van der Waals surface area contributed by atoms with Gasteiger partial charge in [0.15, 0.2) is 12.2 Å². The number of carbonyl (C=O) groups excluding carboxylic acids is 4. The number of phosphoric acid groups is 2. The van der Waals surface area contributed by atoms with Crippen LogP contribution in [0.3, 0.4) is 0 Å². The minimum atomic E-state index is -4.95. The molecule has 0 aliphatic carbocycles. The molecule has 17 nitrogen and oxygen atoms in total. The van der Waals surface area contributed by atoms with Crippen LogP contribution < -0.4 is 0 Å². The summed E-state index contributed by atoms with van der Waals surface area (Å²) in [5.74, 6) is -1.34. The number of carbonyl (C=O) groups is 4. The van der Waals surface area contributed by atoms with Crippen molar-refractivity contribution < 1.29 is 80.2 Å². The van der Waals surface area contributed by atoms with Crippen molar-refractivity contribution in [2.45, 2.75) is 380 Å². The average Bonchev–Trinajstić information content (AvgIpc) is 3.64. The highest BCUT2D eigenvalue weighted by Crippen LogP contribution is 2.45. The van der Waals surface area contributed by atoms with Gasteiger partial charge < -0.3 is 33.8 Å². The van der Waals surface area contributed by atoms with Crippen LogP contribution in [0, 0.1) is 5.92 Å². The zero-order valence-electron chi connectivity index (χ0n) is 57.6. The van der Waals surface area contributed by atoms with Crippen LogP contribution in [0.4, 0.5) is 0 Å². The van der Waals surface area contributed by atoms with Gasteiger partial charge in [-0.2, -0.15) is 0 Å². The summed E-state index contributed by atoms with van der Waals surface area (Å²) in [7, 11) is -9.90. The first-order chi connectivity index (χ1) is 43.0. The van der Waals surface area contributed by atoms with E-state index in [0.717, 1.165) is 95.8 Å². The largest absolute Gasteiger partial charge is 0.472 e. The molecule has 0 bridgehead atoms. The maximum Gasteiger partial charge on any atom is 0.472 e. The molecule has 3 N–H and O–H groups in total. The second-order valence-electron chi connectivity index (χ2n) is 25.7. The summed E-state index contributed by atoms with van der Waals surface area (Å²) in [6.45, 7) is 7.25. The van der Waals surface area contributed by atoms with Gasteiger partial charge in [-0.25, -0.2) is 9.13 Å². The van der Waals surface area contributed by atoms with Crippen molar-refractivity contribution in [1.82, 2.24) is 0 Å². The summed E-state index contributed by atoms with van der Waals surface area (Å²) in [5, 5.41) is 10.6. The van der Waals surface area contributed by atoms with E-state index in [2.05, 4.69) is 34.6 Å². The average molecular weight is 1310 g/mol. The third-order valence-corrected chi connectivity index (χ3v) is 18.2. The van der Waals surface area contributed by atoms with Crippen LogP contribution in [0.15, 0.2) is 0 Å². The highest BCUT2D eigenvalue weighted by Gasteiger charge is 2.30. The molecule has 0 aromatic heterocycles. The second kappa shape index (κ2) is 63.5. The molecule has 0 saturated carbocycles. The SMILES string of the molecule is CCCCCCCCCCCCCCC(=O)OC[C@H](COP(=O)(O)OC[C@@H](O)COP(=O)(O)OC[C@@H](COC(=O)CCCCCCCCCCCCC)OC(=O)CCCCCCCCCCCCC)OC(=O)CCCCCCCCCCCCCCC(C)C. The van der Waals surface area contributed by atoms with E-state index in [1.165, 1.54) is 186 Å². The Morgan fingerprint density at radius 2 is 0.517 bits per heavy atom. The molecule has 5 atom stereocenters. The molecule has 2 unspecified atom stereocenters. The van der Waals surface area contributed by atoms with E-state index >= 15 is 0 Å². The van der Waals surface area contributed by atoms with Gasteiger partial charge in [-0.15, -0.1) is 0 Å². The molecule has 0 amide bonds. The Hall–Kier alpha value is -1.94. The number of unbranched alkanes of at least 4 members (excludes halogenated alkanes) is 42. The Balaban J connectivity index is 5.24. The van der Waals surface area contributed by atoms with Gasteiger partial charge >= 0.3 is 39.5 Å². The number of phosphoric ester groups is 2. The standard InChI is InChI=1S/C70H136O17P2/c1-6-9-12-15-18-21-24-30-34-39-44-49-54-68(73)81-60-66(87-70(75)56-51-46-41-36-31-26-25-29-32-37-42-47-52-63(4)5)62-85-89(78,79)83-58-64(71)57-82-88(76,77)84-61-65(86-69(74)55-50-45-40-35-28-23-20-17-14-11-8-3)59-80-67(72)53-48-43-38-33-27-22-19-16-13-10-7-2/h63-66,71H,6-62H2,1-5H3,(H,76,77)(H,78,79)/t64-,65+,66+/m0/s1. The lowest BCUT2D eigenvalue weighted by Crippen LogP contribution is -2.30. The smallest absolute Gasteiger partial charge is 0.462 e. The minimum Gasteiger partial charge on any atom is -0.462 e. The molecule has 0 aromatic carbocycles. The number of rotatable bonds is 70. The van der Waals surface area contributed by atoms with Crippen LogP contribution in [0.1, 0.15) is 362 Å². The molecule has 0 saturated heterocycles. The number of esters is 4. The van der Waals surface area contributed by atoms with Gasteiger partial charge in [0.2, 0.25) is 0 Å². The predicted octanol–water partition coefficient (Wildman–Crippen LogP) is 20.1. The molecular weight excluding hydrogens is 1170 g/mol. The molecule has 0 aliphatic rings. The monoisotopic (exact) mass is 1310 g/mol. The van der Waals surface area contributed by atoms with E-state index in [1.807, 2.05) is 0 Å². The van der Waals surface area contributed by atoms with E-state index in [9.17, 15) is 43.2 Å². The first-order valence-corrected chi connectivity index (χ1v) is 39.6. The number of aliphatic hydroxyl groups is 1. The fraction of sp³-hybridized carbons (Fsp3) is 0.943. The van der Waals surface area contributed by atoms with Crippen LogP contribution in [0.2, 0.25) is 0 Å². The highest BCUT2D eigenvalue weighted by molar-refractivity contribution is 7.47. The fourth-order valence-electron chi connectivity index (χ4n) is 10.6. The van der Waals surface area contributed by atoms with Gasteiger partial charge in [0.05, 0.1) is 26.4 Å². The Morgan fingerprint density at radius 1 is 0.303 bits per heavy atom. The van der Waals surface area contributed by atoms with Gasteiger partial charge in [0, 0.05) is 25.7 Å². The van der Waals surface area contributed by atoms with E-state index in [0.29, 0.717) is 25.7 Å². The van der Waals surface area contributed by atoms with Crippen molar-refractivity contribution >= 4 is 39.5 Å².